The van der Waals surface area contributed by atoms with E-state index in [9.17, 15) is 13.2 Å². The molecular formula is C19H19NO4S2. The maximum Gasteiger partial charge on any atom is 0.266 e. The Morgan fingerprint density at radius 3 is 2.73 bits per heavy atom. The average molecular weight is 389 g/mol. The molecule has 2 aromatic heterocycles. The SMILES string of the molecule is COc1ccc2[nH]c(=O)c3sccc3c2c1C1=CCC(S(C)(=O)=O)CC1. The third kappa shape index (κ3) is 2.75. The Hall–Kier alpha value is -2.12. The molecule has 0 saturated heterocycles. The van der Waals surface area contributed by atoms with E-state index in [-0.39, 0.29) is 10.8 Å². The zero-order valence-corrected chi connectivity index (χ0v) is 16.2. The van der Waals surface area contributed by atoms with Gasteiger partial charge in [0.2, 0.25) is 0 Å². The van der Waals surface area contributed by atoms with Gasteiger partial charge in [-0.15, -0.1) is 11.3 Å². The van der Waals surface area contributed by atoms with Crippen LogP contribution in [0.1, 0.15) is 24.8 Å². The first-order chi connectivity index (χ1) is 12.4. The van der Waals surface area contributed by atoms with Crippen LogP contribution in [0.3, 0.4) is 0 Å². The molecule has 0 fully saturated rings. The number of allylic oxidation sites excluding steroid dienone is 2. The van der Waals surface area contributed by atoms with Gasteiger partial charge in [0, 0.05) is 28.1 Å². The number of hydrogen-bond acceptors (Lipinski definition) is 5. The second-order valence-electron chi connectivity index (χ2n) is 6.64. The fourth-order valence-corrected chi connectivity index (χ4v) is 5.53. The van der Waals surface area contributed by atoms with Crippen molar-refractivity contribution >= 4 is 47.7 Å². The lowest BCUT2D eigenvalue weighted by Gasteiger charge is -2.23. The highest BCUT2D eigenvalue weighted by Gasteiger charge is 2.26. The molecule has 1 aliphatic rings. The molecule has 4 rings (SSSR count). The highest BCUT2D eigenvalue weighted by molar-refractivity contribution is 7.91. The van der Waals surface area contributed by atoms with Crippen molar-refractivity contribution in [1.29, 1.82) is 0 Å². The zero-order chi connectivity index (χ0) is 18.5. The van der Waals surface area contributed by atoms with Crippen molar-refractivity contribution in [3.63, 3.8) is 0 Å². The van der Waals surface area contributed by atoms with E-state index in [1.807, 2.05) is 29.7 Å². The molecule has 2 heterocycles. The first kappa shape index (κ1) is 17.3. The van der Waals surface area contributed by atoms with Gasteiger partial charge in [-0.1, -0.05) is 6.08 Å². The van der Waals surface area contributed by atoms with Crippen LogP contribution in [0, 0.1) is 0 Å². The number of benzene rings is 1. The van der Waals surface area contributed by atoms with Gasteiger partial charge in [0.05, 0.1) is 12.4 Å². The van der Waals surface area contributed by atoms with E-state index in [0.29, 0.717) is 24.0 Å². The van der Waals surface area contributed by atoms with Gasteiger partial charge in [-0.3, -0.25) is 4.79 Å². The summed E-state index contributed by atoms with van der Waals surface area (Å²) < 4.78 is 30.0. The van der Waals surface area contributed by atoms with E-state index >= 15 is 0 Å². The number of methoxy groups -OCH3 is 1. The smallest absolute Gasteiger partial charge is 0.266 e. The molecular weight excluding hydrogens is 370 g/mol. The quantitative estimate of drug-likeness (QED) is 0.740. The molecule has 0 spiro atoms. The topological polar surface area (TPSA) is 76.2 Å². The van der Waals surface area contributed by atoms with Gasteiger partial charge in [0.15, 0.2) is 9.84 Å². The third-order valence-electron chi connectivity index (χ3n) is 5.07. The van der Waals surface area contributed by atoms with E-state index in [2.05, 4.69) is 4.98 Å². The van der Waals surface area contributed by atoms with Gasteiger partial charge in [0.1, 0.15) is 10.4 Å². The second-order valence-corrected chi connectivity index (χ2v) is 9.88. The minimum Gasteiger partial charge on any atom is -0.496 e. The molecule has 0 aliphatic heterocycles. The van der Waals surface area contributed by atoms with Crippen molar-refractivity contribution in [3.8, 4) is 5.75 Å². The standard InChI is InChI=1S/C19H19NO4S2/c1-24-15-8-7-14-17(13-9-10-25-18(13)19(21)20-14)16(15)11-3-5-12(6-4-11)26(2,22)23/h3,7-10,12H,4-6H2,1-2H3,(H,20,21). The van der Waals surface area contributed by atoms with E-state index in [4.69, 9.17) is 4.74 Å². The average Bonchev–Trinajstić information content (AvgIpc) is 3.11. The maximum absolute atomic E-state index is 12.3. The molecule has 5 nitrogen and oxygen atoms in total. The summed E-state index contributed by atoms with van der Waals surface area (Å²) in [5, 5.41) is 3.46. The van der Waals surface area contributed by atoms with Gasteiger partial charge in [-0.2, -0.15) is 0 Å². The minimum atomic E-state index is -3.04. The van der Waals surface area contributed by atoms with Crippen LogP contribution in [0.2, 0.25) is 0 Å². The van der Waals surface area contributed by atoms with Crippen molar-refractivity contribution in [2.45, 2.75) is 24.5 Å². The van der Waals surface area contributed by atoms with Crippen LogP contribution < -0.4 is 10.3 Å². The number of ether oxygens (including phenoxy) is 1. The number of sulfone groups is 1. The fraction of sp³-hybridized carbons (Fsp3) is 0.316. The number of H-pyrrole nitrogens is 1. The Morgan fingerprint density at radius 2 is 2.08 bits per heavy atom. The fourth-order valence-electron chi connectivity index (χ4n) is 3.74. The summed E-state index contributed by atoms with van der Waals surface area (Å²) in [6.07, 6.45) is 5.08. The lowest BCUT2D eigenvalue weighted by Crippen LogP contribution is -2.21. The molecule has 1 aliphatic carbocycles. The van der Waals surface area contributed by atoms with Crippen LogP contribution >= 0.6 is 11.3 Å². The van der Waals surface area contributed by atoms with Crippen molar-refractivity contribution in [2.24, 2.45) is 0 Å². The van der Waals surface area contributed by atoms with Crippen LogP contribution in [0.15, 0.2) is 34.4 Å². The van der Waals surface area contributed by atoms with Gasteiger partial charge in [-0.05, 0) is 48.4 Å². The van der Waals surface area contributed by atoms with Gasteiger partial charge < -0.3 is 9.72 Å². The lowest BCUT2D eigenvalue weighted by molar-refractivity contribution is 0.414. The van der Waals surface area contributed by atoms with Gasteiger partial charge >= 0.3 is 0 Å². The number of aromatic nitrogens is 1. The predicted octanol–water partition coefficient (Wildman–Crippen LogP) is 3.73. The molecule has 3 aromatic rings. The lowest BCUT2D eigenvalue weighted by atomic mass is 9.89. The van der Waals surface area contributed by atoms with Crippen molar-refractivity contribution in [1.82, 2.24) is 4.98 Å². The zero-order valence-electron chi connectivity index (χ0n) is 14.5. The van der Waals surface area contributed by atoms with Crippen LogP contribution in [0.5, 0.6) is 5.75 Å². The molecule has 1 N–H and O–H groups in total. The first-order valence-corrected chi connectivity index (χ1v) is 11.2. The summed E-state index contributed by atoms with van der Waals surface area (Å²) in [6.45, 7) is 0. The van der Waals surface area contributed by atoms with E-state index < -0.39 is 9.84 Å². The van der Waals surface area contributed by atoms with Crippen LogP contribution in [0.25, 0.3) is 26.6 Å². The Bertz CT molecular complexity index is 1200. The number of nitrogens with one attached hydrogen (secondary N) is 1. The summed E-state index contributed by atoms with van der Waals surface area (Å²) in [5.41, 5.74) is 2.71. The van der Waals surface area contributed by atoms with Crippen molar-refractivity contribution < 1.29 is 13.2 Å². The molecule has 26 heavy (non-hydrogen) atoms. The van der Waals surface area contributed by atoms with E-state index in [1.165, 1.54) is 17.6 Å². The number of aromatic amines is 1. The van der Waals surface area contributed by atoms with E-state index in [0.717, 1.165) is 33.2 Å². The Labute approximate surface area is 155 Å². The maximum atomic E-state index is 12.3. The highest BCUT2D eigenvalue weighted by atomic mass is 32.2. The van der Waals surface area contributed by atoms with Crippen molar-refractivity contribution in [2.75, 3.05) is 13.4 Å². The summed E-state index contributed by atoms with van der Waals surface area (Å²) in [6, 6.07) is 5.68. The van der Waals surface area contributed by atoms with Gasteiger partial charge in [-0.25, -0.2) is 8.42 Å². The van der Waals surface area contributed by atoms with Crippen LogP contribution in [-0.2, 0) is 9.84 Å². The normalized spacial score (nSPS) is 18.2. The van der Waals surface area contributed by atoms with Crippen molar-refractivity contribution in [3.05, 3.63) is 45.6 Å². The number of thiophene rings is 1. The molecule has 136 valence electrons. The second kappa shape index (κ2) is 6.25. The number of rotatable bonds is 3. The molecule has 0 bridgehead atoms. The largest absolute Gasteiger partial charge is 0.496 e. The molecule has 0 amide bonds. The molecule has 7 heteroatoms. The molecule has 1 aromatic carbocycles. The predicted molar refractivity (Wildman–Crippen MR) is 107 cm³/mol. The highest BCUT2D eigenvalue weighted by Crippen LogP contribution is 2.41. The summed E-state index contributed by atoms with van der Waals surface area (Å²) >= 11 is 1.42. The summed E-state index contributed by atoms with van der Waals surface area (Å²) in [4.78, 5) is 15.3. The molecule has 0 saturated carbocycles. The van der Waals surface area contributed by atoms with Gasteiger partial charge in [0.25, 0.3) is 5.56 Å². The third-order valence-corrected chi connectivity index (χ3v) is 7.62. The number of pyridine rings is 1. The molecule has 1 atom stereocenters. The monoisotopic (exact) mass is 389 g/mol. The Morgan fingerprint density at radius 1 is 1.27 bits per heavy atom. The Kier molecular flexibility index (Phi) is 4.16. The van der Waals surface area contributed by atoms with Crippen LogP contribution in [0.4, 0.5) is 0 Å². The molecule has 0 radical (unpaired) electrons. The summed E-state index contributed by atoms with van der Waals surface area (Å²) in [7, 11) is -1.41. The van der Waals surface area contributed by atoms with E-state index in [1.54, 1.807) is 7.11 Å². The first-order valence-electron chi connectivity index (χ1n) is 8.38. The Balaban J connectivity index is 1.98. The summed E-state index contributed by atoms with van der Waals surface area (Å²) in [5.74, 6) is 0.737. The number of fused-ring (bicyclic) bond motifs is 3. The number of hydrogen-bond donors (Lipinski definition) is 1. The van der Waals surface area contributed by atoms with Crippen LogP contribution in [-0.4, -0.2) is 32.0 Å². The minimum absolute atomic E-state index is 0.0895. The molecule has 1 unspecified atom stereocenters.